The van der Waals surface area contributed by atoms with Gasteiger partial charge < -0.3 is 4.72 Å². The Morgan fingerprint density at radius 3 is 2.39 bits per heavy atom. The fourth-order valence-electron chi connectivity index (χ4n) is 3.63. The highest BCUT2D eigenvalue weighted by molar-refractivity contribution is 8.00. The molecule has 2 aromatic carbocycles. The highest BCUT2D eigenvalue weighted by Gasteiger charge is 2.39. The summed E-state index contributed by atoms with van der Waals surface area (Å²) in [5, 5.41) is 0.260. The van der Waals surface area contributed by atoms with Crippen LogP contribution in [0, 0.1) is 0 Å². The van der Waals surface area contributed by atoms with Crippen molar-refractivity contribution in [1.82, 2.24) is 4.90 Å². The Hall–Kier alpha value is -3.03. The van der Waals surface area contributed by atoms with Crippen molar-refractivity contribution in [3.63, 3.8) is 0 Å². The largest absolute Gasteiger partial charge is 0.325 e. The quantitative estimate of drug-likeness (QED) is 0.307. The monoisotopic (exact) mass is 482 g/mol. The summed E-state index contributed by atoms with van der Waals surface area (Å²) in [5.74, 6) is -0.785. The number of fused-ring (bicyclic) bond motifs is 1. The minimum atomic E-state index is -0.406. The van der Waals surface area contributed by atoms with E-state index >= 15 is 0 Å². The first-order chi connectivity index (χ1) is 15.7. The maximum atomic E-state index is 13.3. The van der Waals surface area contributed by atoms with Crippen LogP contribution in [0.4, 0.5) is 5.69 Å². The van der Waals surface area contributed by atoms with E-state index in [-0.39, 0.29) is 28.5 Å². The number of hydrogen-bond donors (Lipinski definition) is 1. The van der Waals surface area contributed by atoms with Gasteiger partial charge in [0.1, 0.15) is 7.11 Å². The number of pyridine rings is 1. The van der Waals surface area contributed by atoms with E-state index in [1.165, 1.54) is 34.3 Å². The highest BCUT2D eigenvalue weighted by atomic mass is 35.5. The summed E-state index contributed by atoms with van der Waals surface area (Å²) in [6.07, 6.45) is 3.46. The number of nitrogens with one attached hydrogen (secondary N) is 1. The topological polar surface area (TPSA) is 62.5 Å². The van der Waals surface area contributed by atoms with Crippen LogP contribution in [0.5, 0.6) is 0 Å². The van der Waals surface area contributed by atoms with Gasteiger partial charge in [0.2, 0.25) is 12.4 Å². The second-order valence-corrected chi connectivity index (χ2v) is 10.1. The lowest BCUT2D eigenvalue weighted by atomic mass is 9.87. The van der Waals surface area contributed by atoms with Crippen LogP contribution in [-0.4, -0.2) is 23.8 Å². The molecule has 170 valence electrons. The number of benzene rings is 2. The highest BCUT2D eigenvalue weighted by Crippen LogP contribution is 2.37. The lowest BCUT2D eigenvalue weighted by Crippen LogP contribution is -2.40. The van der Waals surface area contributed by atoms with Gasteiger partial charge in [-0.15, -0.1) is 0 Å². The standard InChI is InChI=1S/C25H24ClN3O3S/c1-25(2,3)17-7-9-18(10-8-17)33-27-20-12-11-19(26)21-22(20)24(31)29(23(21)30)15-16-6-5-13-28(14-16)32-4/h5-14H,15H2,1-4H3/p+1. The van der Waals surface area contributed by atoms with Crippen LogP contribution in [0.3, 0.4) is 0 Å². The third-order valence-electron chi connectivity index (χ3n) is 5.46. The molecule has 3 aromatic rings. The smallest absolute Gasteiger partial charge is 0.264 e. The molecule has 0 aliphatic carbocycles. The molecule has 33 heavy (non-hydrogen) atoms. The first-order valence-corrected chi connectivity index (χ1v) is 11.7. The number of hydrogen-bond acceptors (Lipinski definition) is 5. The molecule has 0 fully saturated rings. The number of rotatable bonds is 6. The summed E-state index contributed by atoms with van der Waals surface area (Å²) in [4.78, 5) is 33.7. The Bertz CT molecular complexity index is 1220. The van der Waals surface area contributed by atoms with E-state index < -0.39 is 5.91 Å². The minimum absolute atomic E-state index is 0.0745. The van der Waals surface area contributed by atoms with Gasteiger partial charge in [-0.25, -0.2) is 0 Å². The number of imide groups is 1. The van der Waals surface area contributed by atoms with Gasteiger partial charge in [0.05, 0.1) is 28.4 Å². The van der Waals surface area contributed by atoms with E-state index in [0.29, 0.717) is 11.3 Å². The fourth-order valence-corrected chi connectivity index (χ4v) is 4.54. The van der Waals surface area contributed by atoms with Gasteiger partial charge in [-0.1, -0.05) is 44.5 Å². The third kappa shape index (κ3) is 4.70. The minimum Gasteiger partial charge on any atom is -0.325 e. The van der Waals surface area contributed by atoms with Gasteiger partial charge >= 0.3 is 0 Å². The number of nitrogens with zero attached hydrogens (tertiary/aromatic N) is 2. The Morgan fingerprint density at radius 1 is 1.03 bits per heavy atom. The zero-order valence-corrected chi connectivity index (χ0v) is 20.5. The summed E-state index contributed by atoms with van der Waals surface area (Å²) in [6.45, 7) is 6.63. The summed E-state index contributed by atoms with van der Waals surface area (Å²) >= 11 is 7.72. The lowest BCUT2D eigenvalue weighted by molar-refractivity contribution is -0.885. The van der Waals surface area contributed by atoms with Crippen LogP contribution in [0.1, 0.15) is 52.6 Å². The molecule has 1 aliphatic rings. The summed E-state index contributed by atoms with van der Waals surface area (Å²) in [5.41, 5.74) is 3.15. The van der Waals surface area contributed by atoms with Crippen LogP contribution in [0.25, 0.3) is 0 Å². The van der Waals surface area contributed by atoms with E-state index in [4.69, 9.17) is 16.4 Å². The van der Waals surface area contributed by atoms with E-state index in [9.17, 15) is 9.59 Å². The molecule has 0 bridgehead atoms. The SMILES string of the molecule is CO[n+]1cccc(CN2C(=O)c3c(Cl)ccc(NSc4ccc(C(C)(C)C)cc4)c3C2=O)c1. The lowest BCUT2D eigenvalue weighted by Gasteiger charge is -2.19. The molecule has 0 spiro atoms. The van der Waals surface area contributed by atoms with Crippen molar-refractivity contribution in [1.29, 1.82) is 0 Å². The maximum Gasteiger partial charge on any atom is 0.264 e. The fraction of sp³-hybridized carbons (Fsp3) is 0.240. The van der Waals surface area contributed by atoms with Crippen molar-refractivity contribution < 1.29 is 19.2 Å². The zero-order chi connectivity index (χ0) is 23.8. The zero-order valence-electron chi connectivity index (χ0n) is 18.9. The molecule has 2 amide bonds. The van der Waals surface area contributed by atoms with Crippen LogP contribution in [-0.2, 0) is 12.0 Å². The first-order valence-electron chi connectivity index (χ1n) is 10.5. The van der Waals surface area contributed by atoms with Crippen molar-refractivity contribution in [3.05, 3.63) is 88.2 Å². The van der Waals surface area contributed by atoms with Crippen molar-refractivity contribution in [3.8, 4) is 0 Å². The molecule has 0 unspecified atom stereocenters. The molecule has 0 radical (unpaired) electrons. The van der Waals surface area contributed by atoms with Crippen LogP contribution < -0.4 is 14.3 Å². The molecule has 1 aromatic heterocycles. The number of carbonyl (C=O) groups is 2. The van der Waals surface area contributed by atoms with Crippen molar-refractivity contribution in [2.75, 3.05) is 11.8 Å². The van der Waals surface area contributed by atoms with Gasteiger partial charge in [-0.05, 0) is 53.3 Å². The Morgan fingerprint density at radius 2 is 1.73 bits per heavy atom. The molecule has 0 atom stereocenters. The normalized spacial score (nSPS) is 13.3. The van der Waals surface area contributed by atoms with Crippen LogP contribution in [0.2, 0.25) is 5.02 Å². The Labute approximate surface area is 202 Å². The van der Waals surface area contributed by atoms with E-state index in [1.54, 1.807) is 30.6 Å². The number of aromatic nitrogens is 1. The van der Waals surface area contributed by atoms with Gasteiger partial charge in [-0.2, -0.15) is 0 Å². The Balaban J connectivity index is 1.57. The summed E-state index contributed by atoms with van der Waals surface area (Å²) in [6, 6.07) is 15.3. The molecule has 4 rings (SSSR count). The van der Waals surface area contributed by atoms with Gasteiger partial charge in [-0.3, -0.25) is 19.3 Å². The molecule has 6 nitrogen and oxygen atoms in total. The predicted molar refractivity (Wildman–Crippen MR) is 129 cm³/mol. The number of anilines is 1. The maximum absolute atomic E-state index is 13.3. The number of halogens is 1. The van der Waals surface area contributed by atoms with Crippen molar-refractivity contribution in [2.24, 2.45) is 0 Å². The van der Waals surface area contributed by atoms with Crippen LogP contribution in [0.15, 0.2) is 65.8 Å². The summed E-state index contributed by atoms with van der Waals surface area (Å²) < 4.78 is 4.74. The molecule has 1 N–H and O–H groups in total. The second-order valence-electron chi connectivity index (χ2n) is 8.77. The first kappa shape index (κ1) is 23.1. The predicted octanol–water partition coefficient (Wildman–Crippen LogP) is 4.90. The average molecular weight is 483 g/mol. The molecule has 1 aliphatic heterocycles. The summed E-state index contributed by atoms with van der Waals surface area (Å²) in [7, 11) is 1.54. The molecule has 0 saturated carbocycles. The average Bonchev–Trinajstić information content (AvgIpc) is 3.04. The Kier molecular flexibility index (Phi) is 6.36. The molecule has 0 saturated heterocycles. The molecular formula is C25H25ClN3O3S+. The van der Waals surface area contributed by atoms with Crippen LogP contribution >= 0.6 is 23.5 Å². The molecular weight excluding hydrogens is 458 g/mol. The number of amides is 2. The van der Waals surface area contributed by atoms with Crippen molar-refractivity contribution in [2.45, 2.75) is 37.6 Å². The van der Waals surface area contributed by atoms with Gasteiger partial charge in [0, 0.05) is 21.3 Å². The molecule has 2 heterocycles. The van der Waals surface area contributed by atoms with E-state index in [0.717, 1.165) is 10.5 Å². The van der Waals surface area contributed by atoms with Gasteiger partial charge in [0.25, 0.3) is 11.8 Å². The van der Waals surface area contributed by atoms with Crippen molar-refractivity contribution >= 4 is 41.1 Å². The second kappa shape index (κ2) is 9.08. The number of carbonyl (C=O) groups excluding carboxylic acids is 2. The molecule has 8 heteroatoms. The van der Waals surface area contributed by atoms with E-state index in [1.807, 2.05) is 18.2 Å². The van der Waals surface area contributed by atoms with Gasteiger partial charge in [0.15, 0.2) is 0 Å². The third-order valence-corrected chi connectivity index (χ3v) is 6.60. The van der Waals surface area contributed by atoms with E-state index in [2.05, 4.69) is 37.6 Å².